The van der Waals surface area contributed by atoms with Gasteiger partial charge < -0.3 is 4.74 Å². The molecule has 3 heterocycles. The quantitative estimate of drug-likeness (QED) is 0.285. The molecule has 0 radical (unpaired) electrons. The Balaban J connectivity index is 1.51. The molecule has 0 spiro atoms. The third kappa shape index (κ3) is 5.64. The highest BCUT2D eigenvalue weighted by Crippen LogP contribution is 2.21. The maximum Gasteiger partial charge on any atom is 0.387 e. The van der Waals surface area contributed by atoms with E-state index >= 15 is 0 Å². The minimum absolute atomic E-state index is 0.0831. The van der Waals surface area contributed by atoms with Crippen LogP contribution in [0.1, 0.15) is 5.56 Å². The average Bonchev–Trinajstić information content (AvgIpc) is 3.27. The van der Waals surface area contributed by atoms with Gasteiger partial charge in [0.2, 0.25) is 0 Å². The number of hydrogen-bond acceptors (Lipinski definition) is 7. The van der Waals surface area contributed by atoms with Gasteiger partial charge in [-0.25, -0.2) is 14.8 Å². The number of fused-ring (bicyclic) bond motifs is 1. The van der Waals surface area contributed by atoms with Crippen molar-refractivity contribution in [1.82, 2.24) is 29.0 Å². The van der Waals surface area contributed by atoms with Gasteiger partial charge in [-0.1, -0.05) is 31.0 Å². The van der Waals surface area contributed by atoms with E-state index in [2.05, 4.69) is 49.5 Å². The zero-order valence-electron chi connectivity index (χ0n) is 17.7. The molecule has 0 saturated carbocycles. The first-order valence-electron chi connectivity index (χ1n) is 10.00. The SMILES string of the molecule is C=CCN(S)C(=O)Nc1ccc2ncc(-c3cnn(Cc4cccc(OC(F)F)c4)c3)nc2n1. The van der Waals surface area contributed by atoms with Crippen molar-refractivity contribution in [2.45, 2.75) is 13.2 Å². The smallest absolute Gasteiger partial charge is 0.387 e. The van der Waals surface area contributed by atoms with E-state index in [1.165, 1.54) is 12.1 Å². The summed E-state index contributed by atoms with van der Waals surface area (Å²) in [4.78, 5) is 25.4. The van der Waals surface area contributed by atoms with Crippen LogP contribution in [-0.4, -0.2) is 48.2 Å². The Labute approximate surface area is 198 Å². The van der Waals surface area contributed by atoms with Gasteiger partial charge in [0, 0.05) is 11.8 Å². The number of benzene rings is 1. The van der Waals surface area contributed by atoms with E-state index in [0.29, 0.717) is 34.8 Å². The van der Waals surface area contributed by atoms with Crippen molar-refractivity contribution >= 4 is 35.8 Å². The molecule has 34 heavy (non-hydrogen) atoms. The van der Waals surface area contributed by atoms with Gasteiger partial charge in [0.05, 0.1) is 31.2 Å². The number of nitrogens with one attached hydrogen (secondary N) is 1. The minimum Gasteiger partial charge on any atom is -0.435 e. The van der Waals surface area contributed by atoms with Gasteiger partial charge >= 0.3 is 12.6 Å². The van der Waals surface area contributed by atoms with Crippen molar-refractivity contribution in [3.8, 4) is 17.0 Å². The van der Waals surface area contributed by atoms with E-state index in [-0.39, 0.29) is 12.3 Å². The second-order valence-corrected chi connectivity index (χ2v) is 7.53. The number of alkyl halides is 2. The molecule has 0 bridgehead atoms. The van der Waals surface area contributed by atoms with Crippen LogP contribution in [0.4, 0.5) is 19.4 Å². The fraction of sp³-hybridized carbons (Fsp3) is 0.136. The number of carbonyl (C=O) groups is 1. The summed E-state index contributed by atoms with van der Waals surface area (Å²) in [6.07, 6.45) is 6.53. The molecular weight excluding hydrogens is 464 g/mol. The average molecular weight is 484 g/mol. The molecule has 0 fully saturated rings. The second kappa shape index (κ2) is 10.3. The van der Waals surface area contributed by atoms with Crippen molar-refractivity contribution in [2.75, 3.05) is 11.9 Å². The molecule has 0 aliphatic heterocycles. The normalized spacial score (nSPS) is 10.9. The number of carbonyl (C=O) groups excluding carboxylic acids is 1. The molecule has 9 nitrogen and oxygen atoms in total. The van der Waals surface area contributed by atoms with Crippen LogP contribution in [0.15, 0.2) is 67.6 Å². The number of ether oxygens (including phenoxy) is 1. The molecule has 2 amide bonds. The number of halogens is 2. The van der Waals surface area contributed by atoms with Crippen LogP contribution in [0.25, 0.3) is 22.4 Å². The Hall–Kier alpha value is -4.06. The summed E-state index contributed by atoms with van der Waals surface area (Å²) in [7, 11) is 0. The molecule has 4 rings (SSSR count). The van der Waals surface area contributed by atoms with Crippen molar-refractivity contribution in [1.29, 1.82) is 0 Å². The summed E-state index contributed by atoms with van der Waals surface area (Å²) in [6.45, 7) is 1.29. The lowest BCUT2D eigenvalue weighted by atomic mass is 10.2. The van der Waals surface area contributed by atoms with Crippen molar-refractivity contribution in [2.24, 2.45) is 0 Å². The third-order valence-corrected chi connectivity index (χ3v) is 4.92. The van der Waals surface area contributed by atoms with E-state index in [1.807, 2.05) is 0 Å². The molecular formula is C22H19F2N7O2S. The largest absolute Gasteiger partial charge is 0.435 e. The topological polar surface area (TPSA) is 98.1 Å². The lowest BCUT2D eigenvalue weighted by molar-refractivity contribution is -0.0498. The Morgan fingerprint density at radius 2 is 2.12 bits per heavy atom. The number of pyridine rings is 1. The Bertz CT molecular complexity index is 1330. The van der Waals surface area contributed by atoms with Crippen LogP contribution in [0.3, 0.4) is 0 Å². The van der Waals surface area contributed by atoms with E-state index < -0.39 is 12.6 Å². The van der Waals surface area contributed by atoms with Gasteiger partial charge in [0.1, 0.15) is 17.1 Å². The first kappa shape index (κ1) is 23.1. The van der Waals surface area contributed by atoms with Gasteiger partial charge in [0.15, 0.2) is 5.65 Å². The minimum atomic E-state index is -2.88. The number of amides is 2. The van der Waals surface area contributed by atoms with E-state index in [4.69, 9.17) is 0 Å². The van der Waals surface area contributed by atoms with Crippen molar-refractivity contribution in [3.05, 3.63) is 73.2 Å². The van der Waals surface area contributed by atoms with Crippen molar-refractivity contribution < 1.29 is 18.3 Å². The maximum absolute atomic E-state index is 12.4. The molecule has 0 aliphatic rings. The number of anilines is 1. The molecule has 0 saturated heterocycles. The number of aromatic nitrogens is 5. The van der Waals surface area contributed by atoms with E-state index in [0.717, 1.165) is 9.87 Å². The zero-order chi connectivity index (χ0) is 24.1. The highest BCUT2D eigenvalue weighted by Gasteiger charge is 2.12. The fourth-order valence-electron chi connectivity index (χ4n) is 3.08. The first-order valence-corrected chi connectivity index (χ1v) is 10.4. The molecule has 1 N–H and O–H groups in total. The van der Waals surface area contributed by atoms with E-state index in [9.17, 15) is 13.6 Å². The van der Waals surface area contributed by atoms with Crippen LogP contribution in [0, 0.1) is 0 Å². The monoisotopic (exact) mass is 483 g/mol. The lowest BCUT2D eigenvalue weighted by Gasteiger charge is -2.13. The molecule has 174 valence electrons. The Morgan fingerprint density at radius 3 is 2.91 bits per heavy atom. The van der Waals surface area contributed by atoms with Crippen LogP contribution >= 0.6 is 12.8 Å². The summed E-state index contributed by atoms with van der Waals surface area (Å²) in [5.41, 5.74) is 2.87. The molecule has 4 aromatic rings. The summed E-state index contributed by atoms with van der Waals surface area (Å²) in [5, 5.41) is 6.95. The van der Waals surface area contributed by atoms with Crippen molar-refractivity contribution in [3.63, 3.8) is 0 Å². The third-order valence-electron chi connectivity index (χ3n) is 4.58. The number of thiol groups is 1. The number of nitrogens with zero attached hydrogens (tertiary/aromatic N) is 6. The molecule has 0 aliphatic carbocycles. The maximum atomic E-state index is 12.4. The first-order chi connectivity index (χ1) is 16.4. The Kier molecular flexibility index (Phi) is 6.97. The van der Waals surface area contributed by atoms with Gasteiger partial charge in [-0.15, -0.1) is 6.58 Å². The Morgan fingerprint density at radius 1 is 1.26 bits per heavy atom. The number of hydrogen-bond donors (Lipinski definition) is 2. The number of urea groups is 1. The van der Waals surface area contributed by atoms with Crippen LogP contribution in [0.2, 0.25) is 0 Å². The highest BCUT2D eigenvalue weighted by atomic mass is 32.1. The predicted octanol–water partition coefficient (Wildman–Crippen LogP) is 4.40. The van der Waals surface area contributed by atoms with Crippen LogP contribution < -0.4 is 10.1 Å². The molecule has 12 heteroatoms. The standard InChI is InChI=1S/C22H19F2N7O2S/c1-2-8-31(34)22(32)29-19-7-6-17-20(28-19)27-18(11-25-17)15-10-26-30(13-15)12-14-4-3-5-16(9-14)33-21(23)24/h2-7,9-11,13,21,34H,1,8,12H2,(H,27,28,29,32). The molecule has 1 aromatic carbocycles. The summed E-state index contributed by atoms with van der Waals surface area (Å²) < 4.78 is 32.1. The van der Waals surface area contributed by atoms with Gasteiger partial charge in [0.25, 0.3) is 0 Å². The zero-order valence-corrected chi connectivity index (χ0v) is 18.6. The van der Waals surface area contributed by atoms with Gasteiger partial charge in [-0.05, 0) is 29.8 Å². The number of rotatable bonds is 8. The molecule has 3 aromatic heterocycles. The fourth-order valence-corrected chi connectivity index (χ4v) is 3.24. The molecule has 0 atom stereocenters. The van der Waals surface area contributed by atoms with Gasteiger partial charge in [-0.3, -0.25) is 19.3 Å². The van der Waals surface area contributed by atoms with E-state index in [1.54, 1.807) is 53.6 Å². The molecule has 0 unspecified atom stereocenters. The van der Waals surface area contributed by atoms with Crippen LogP contribution in [-0.2, 0) is 6.54 Å². The predicted molar refractivity (Wildman–Crippen MR) is 126 cm³/mol. The van der Waals surface area contributed by atoms with Gasteiger partial charge in [-0.2, -0.15) is 13.9 Å². The summed E-state index contributed by atoms with van der Waals surface area (Å²) in [5.74, 6) is 0.383. The highest BCUT2D eigenvalue weighted by molar-refractivity contribution is 7.78. The summed E-state index contributed by atoms with van der Waals surface area (Å²) >= 11 is 4.08. The van der Waals surface area contributed by atoms with Crippen LogP contribution in [0.5, 0.6) is 5.75 Å². The second-order valence-electron chi connectivity index (χ2n) is 7.05. The summed E-state index contributed by atoms with van der Waals surface area (Å²) in [6, 6.07) is 9.28. The lowest BCUT2D eigenvalue weighted by Crippen LogP contribution is -2.27.